The molecule has 0 aliphatic carbocycles. The molecule has 108 valence electrons. The van der Waals surface area contributed by atoms with Crippen LogP contribution in [0.2, 0.25) is 0 Å². The zero-order valence-corrected chi connectivity index (χ0v) is 12.1. The lowest BCUT2D eigenvalue weighted by Crippen LogP contribution is -2.04. The Morgan fingerprint density at radius 3 is 2.62 bits per heavy atom. The number of aromatic nitrogens is 1. The molecule has 3 nitrogen and oxygen atoms in total. The second-order valence-corrected chi connectivity index (χ2v) is 4.79. The summed E-state index contributed by atoms with van der Waals surface area (Å²) >= 11 is 0. The number of carbonyl (C=O) groups is 1. The van der Waals surface area contributed by atoms with Crippen molar-refractivity contribution in [3.8, 4) is 0 Å². The summed E-state index contributed by atoms with van der Waals surface area (Å²) in [5.41, 5.74) is 2.30. The third-order valence-corrected chi connectivity index (χ3v) is 3.33. The van der Waals surface area contributed by atoms with E-state index in [4.69, 9.17) is 0 Å². The number of carbonyl (C=O) groups excluding carboxylic acids is 1. The normalized spacial score (nSPS) is 12.2. The summed E-state index contributed by atoms with van der Waals surface area (Å²) in [6.07, 6.45) is 6.77. The molecule has 0 N–H and O–H groups in total. The molecule has 0 spiro atoms. The minimum absolute atomic E-state index is 0.294. The predicted molar refractivity (Wildman–Crippen MR) is 82.9 cm³/mol. The second kappa shape index (κ2) is 8.00. The summed E-state index contributed by atoms with van der Waals surface area (Å²) in [5.74, 6) is -0.0262. The molecule has 0 amide bonds. The quantitative estimate of drug-likeness (QED) is 0.600. The van der Waals surface area contributed by atoms with Gasteiger partial charge < -0.3 is 4.74 Å². The van der Waals surface area contributed by atoms with Gasteiger partial charge in [-0.25, -0.2) is 4.79 Å². The lowest BCUT2D eigenvalue weighted by molar-refractivity contribution is -0.134. The molecular weight excluding hydrogens is 262 g/mol. The second-order valence-electron chi connectivity index (χ2n) is 4.79. The van der Waals surface area contributed by atoms with Gasteiger partial charge in [0.2, 0.25) is 0 Å². The Hall–Kier alpha value is -2.42. The topological polar surface area (TPSA) is 39.2 Å². The van der Waals surface area contributed by atoms with Crippen molar-refractivity contribution >= 4 is 5.97 Å². The van der Waals surface area contributed by atoms with Crippen LogP contribution < -0.4 is 0 Å². The van der Waals surface area contributed by atoms with E-state index in [2.05, 4.69) is 21.9 Å². The van der Waals surface area contributed by atoms with Gasteiger partial charge in [-0.2, -0.15) is 0 Å². The van der Waals surface area contributed by atoms with Crippen molar-refractivity contribution in [1.29, 1.82) is 0 Å². The monoisotopic (exact) mass is 281 g/mol. The Labute approximate surface area is 125 Å². The van der Waals surface area contributed by atoms with E-state index in [0.717, 1.165) is 18.5 Å². The van der Waals surface area contributed by atoms with Crippen LogP contribution in [0.15, 0.2) is 66.9 Å². The Kier molecular flexibility index (Phi) is 5.71. The van der Waals surface area contributed by atoms with Crippen LogP contribution in [-0.2, 0) is 16.0 Å². The lowest BCUT2D eigenvalue weighted by atomic mass is 9.91. The van der Waals surface area contributed by atoms with Crippen LogP contribution in [0.25, 0.3) is 0 Å². The van der Waals surface area contributed by atoms with Gasteiger partial charge in [-0.1, -0.05) is 42.5 Å². The highest BCUT2D eigenvalue weighted by molar-refractivity contribution is 5.81. The van der Waals surface area contributed by atoms with E-state index in [-0.39, 0.29) is 5.97 Å². The summed E-state index contributed by atoms with van der Waals surface area (Å²) in [7, 11) is 1.38. The van der Waals surface area contributed by atoms with Crippen molar-refractivity contribution in [3.05, 3.63) is 78.1 Å². The molecule has 0 aliphatic rings. The fourth-order valence-electron chi connectivity index (χ4n) is 2.23. The molecule has 1 atom stereocenters. The standard InChI is InChI=1S/C18H19NO2/c1-21-18(20)12-7-10-16(15-8-3-2-4-9-15)14-17-11-5-6-13-19-17/h2-9,11-13,16H,10,14H2,1H3/b12-7+/t16-/m1/s1. The van der Waals surface area contributed by atoms with Crippen molar-refractivity contribution in [3.63, 3.8) is 0 Å². The highest BCUT2D eigenvalue weighted by atomic mass is 16.5. The van der Waals surface area contributed by atoms with E-state index in [0.29, 0.717) is 5.92 Å². The first-order valence-electron chi connectivity index (χ1n) is 6.99. The smallest absolute Gasteiger partial charge is 0.330 e. The number of rotatable bonds is 6. The molecule has 3 heteroatoms. The fourth-order valence-corrected chi connectivity index (χ4v) is 2.23. The SMILES string of the molecule is COC(=O)/C=C/C[C@H](Cc1ccccn1)c1ccccc1. The molecule has 0 aliphatic heterocycles. The van der Waals surface area contributed by atoms with Crippen molar-refractivity contribution in [1.82, 2.24) is 4.98 Å². The molecule has 0 saturated heterocycles. The summed E-state index contributed by atoms with van der Waals surface area (Å²) < 4.78 is 4.62. The average Bonchev–Trinajstić information content (AvgIpc) is 2.55. The van der Waals surface area contributed by atoms with Crippen molar-refractivity contribution in [2.45, 2.75) is 18.8 Å². The first-order chi connectivity index (χ1) is 10.3. The largest absolute Gasteiger partial charge is 0.466 e. The van der Waals surface area contributed by atoms with Gasteiger partial charge in [0.05, 0.1) is 7.11 Å². The zero-order valence-electron chi connectivity index (χ0n) is 12.1. The van der Waals surface area contributed by atoms with Gasteiger partial charge in [-0.3, -0.25) is 4.98 Å². The van der Waals surface area contributed by atoms with Gasteiger partial charge in [0.1, 0.15) is 0 Å². The molecule has 1 aromatic heterocycles. The van der Waals surface area contributed by atoms with Crippen molar-refractivity contribution in [2.75, 3.05) is 7.11 Å². The zero-order chi connectivity index (χ0) is 14.9. The molecular formula is C18H19NO2. The summed E-state index contributed by atoms with van der Waals surface area (Å²) in [6, 6.07) is 16.2. The number of hydrogen-bond acceptors (Lipinski definition) is 3. The molecule has 0 unspecified atom stereocenters. The van der Waals surface area contributed by atoms with Crippen LogP contribution in [0.3, 0.4) is 0 Å². The number of ether oxygens (including phenoxy) is 1. The molecule has 0 saturated carbocycles. The molecule has 1 heterocycles. The van der Waals surface area contributed by atoms with Crippen LogP contribution in [0.4, 0.5) is 0 Å². The summed E-state index contributed by atoms with van der Waals surface area (Å²) in [5, 5.41) is 0. The number of esters is 1. The van der Waals surface area contributed by atoms with Gasteiger partial charge in [-0.15, -0.1) is 0 Å². The van der Waals surface area contributed by atoms with Crippen LogP contribution >= 0.6 is 0 Å². The number of benzene rings is 1. The van der Waals surface area contributed by atoms with E-state index in [1.54, 1.807) is 0 Å². The third-order valence-electron chi connectivity index (χ3n) is 3.33. The van der Waals surface area contributed by atoms with Gasteiger partial charge in [-0.05, 0) is 36.5 Å². The Balaban J connectivity index is 2.11. The molecule has 0 radical (unpaired) electrons. The summed E-state index contributed by atoms with van der Waals surface area (Å²) in [6.45, 7) is 0. The number of hydrogen-bond donors (Lipinski definition) is 0. The lowest BCUT2D eigenvalue weighted by Gasteiger charge is -2.15. The van der Waals surface area contributed by atoms with E-state index in [9.17, 15) is 4.79 Å². The fraction of sp³-hybridized carbons (Fsp3) is 0.222. The number of pyridine rings is 1. The molecule has 21 heavy (non-hydrogen) atoms. The van der Waals surface area contributed by atoms with E-state index >= 15 is 0 Å². The summed E-state index contributed by atoms with van der Waals surface area (Å²) in [4.78, 5) is 15.6. The predicted octanol–water partition coefficient (Wildman–Crippen LogP) is 3.53. The molecule has 0 bridgehead atoms. The minimum Gasteiger partial charge on any atom is -0.466 e. The minimum atomic E-state index is -0.320. The van der Waals surface area contributed by atoms with E-state index in [1.807, 2.05) is 48.7 Å². The highest BCUT2D eigenvalue weighted by Gasteiger charge is 2.11. The van der Waals surface area contributed by atoms with Gasteiger partial charge in [0.25, 0.3) is 0 Å². The third kappa shape index (κ3) is 4.88. The Morgan fingerprint density at radius 2 is 1.95 bits per heavy atom. The number of allylic oxidation sites excluding steroid dienone is 1. The average molecular weight is 281 g/mol. The maximum absolute atomic E-state index is 11.2. The molecule has 0 fully saturated rings. The van der Waals surface area contributed by atoms with Crippen molar-refractivity contribution < 1.29 is 9.53 Å². The van der Waals surface area contributed by atoms with E-state index < -0.39 is 0 Å². The van der Waals surface area contributed by atoms with Crippen LogP contribution in [0.1, 0.15) is 23.6 Å². The maximum atomic E-state index is 11.2. The first kappa shape index (κ1) is 15.0. The van der Waals surface area contributed by atoms with Crippen molar-refractivity contribution in [2.24, 2.45) is 0 Å². The van der Waals surface area contributed by atoms with Gasteiger partial charge in [0, 0.05) is 18.0 Å². The van der Waals surface area contributed by atoms with Gasteiger partial charge in [0.15, 0.2) is 0 Å². The Bertz CT molecular complexity index is 579. The first-order valence-corrected chi connectivity index (χ1v) is 6.99. The maximum Gasteiger partial charge on any atom is 0.330 e. The Morgan fingerprint density at radius 1 is 1.19 bits per heavy atom. The number of nitrogens with zero attached hydrogens (tertiary/aromatic N) is 1. The van der Waals surface area contributed by atoms with Crippen LogP contribution in [0, 0.1) is 0 Å². The highest BCUT2D eigenvalue weighted by Crippen LogP contribution is 2.24. The molecule has 2 aromatic rings. The number of methoxy groups -OCH3 is 1. The van der Waals surface area contributed by atoms with Crippen LogP contribution in [0.5, 0.6) is 0 Å². The van der Waals surface area contributed by atoms with E-state index in [1.165, 1.54) is 18.7 Å². The molecule has 2 rings (SSSR count). The molecule has 1 aromatic carbocycles. The van der Waals surface area contributed by atoms with Gasteiger partial charge >= 0.3 is 5.97 Å². The van der Waals surface area contributed by atoms with Crippen LogP contribution in [-0.4, -0.2) is 18.1 Å².